The van der Waals surface area contributed by atoms with Gasteiger partial charge in [0, 0.05) is 21.1 Å². The van der Waals surface area contributed by atoms with Crippen LogP contribution in [0.1, 0.15) is 5.56 Å². The molecule has 0 aromatic heterocycles. The van der Waals surface area contributed by atoms with E-state index < -0.39 is 0 Å². The molecular formula is C13H9Br2ClFN. The molecule has 94 valence electrons. The smallest absolute Gasteiger partial charge is 0.129 e. The second-order valence-corrected chi connectivity index (χ2v) is 5.95. The molecular weight excluding hydrogens is 384 g/mol. The Bertz CT molecular complexity index is 575. The van der Waals surface area contributed by atoms with Gasteiger partial charge >= 0.3 is 0 Å². The highest BCUT2D eigenvalue weighted by molar-refractivity contribution is 9.10. The van der Waals surface area contributed by atoms with Crippen molar-refractivity contribution >= 4 is 49.1 Å². The van der Waals surface area contributed by atoms with E-state index in [9.17, 15) is 4.39 Å². The Morgan fingerprint density at radius 1 is 1.06 bits per heavy atom. The van der Waals surface area contributed by atoms with E-state index in [1.54, 1.807) is 12.1 Å². The maximum atomic E-state index is 13.6. The molecule has 18 heavy (non-hydrogen) atoms. The lowest BCUT2D eigenvalue weighted by atomic mass is 10.2. The lowest BCUT2D eigenvalue weighted by Crippen LogP contribution is -2.02. The van der Waals surface area contributed by atoms with Crippen molar-refractivity contribution < 1.29 is 4.39 Å². The fourth-order valence-corrected chi connectivity index (χ4v) is 2.37. The molecule has 2 aromatic rings. The summed E-state index contributed by atoms with van der Waals surface area (Å²) in [5.74, 6) is -0.247. The van der Waals surface area contributed by atoms with Crippen molar-refractivity contribution in [3.05, 3.63) is 61.7 Å². The molecule has 0 aliphatic heterocycles. The summed E-state index contributed by atoms with van der Waals surface area (Å²) in [7, 11) is 0. The van der Waals surface area contributed by atoms with Crippen molar-refractivity contribution in [1.82, 2.24) is 0 Å². The van der Waals surface area contributed by atoms with Crippen LogP contribution in [0.2, 0.25) is 5.02 Å². The summed E-state index contributed by atoms with van der Waals surface area (Å²) in [6.45, 7) is 0.384. The maximum absolute atomic E-state index is 13.6. The fourth-order valence-electron chi connectivity index (χ4n) is 1.49. The third-order valence-corrected chi connectivity index (χ3v) is 3.73. The summed E-state index contributed by atoms with van der Waals surface area (Å²) in [6.07, 6.45) is 0. The Labute approximate surface area is 127 Å². The molecule has 0 aliphatic rings. The summed E-state index contributed by atoms with van der Waals surface area (Å²) in [4.78, 5) is 0. The SMILES string of the molecule is Fc1cc(Br)ccc1CNc1cc(Br)ccc1Cl. The normalized spacial score (nSPS) is 10.4. The first kappa shape index (κ1) is 13.8. The molecule has 0 amide bonds. The van der Waals surface area contributed by atoms with Gasteiger partial charge in [-0.25, -0.2) is 4.39 Å². The van der Waals surface area contributed by atoms with Gasteiger partial charge in [-0.3, -0.25) is 0 Å². The highest BCUT2D eigenvalue weighted by atomic mass is 79.9. The van der Waals surface area contributed by atoms with Gasteiger partial charge in [-0.1, -0.05) is 49.5 Å². The van der Waals surface area contributed by atoms with Crippen LogP contribution in [-0.2, 0) is 6.54 Å². The molecule has 0 saturated carbocycles. The van der Waals surface area contributed by atoms with E-state index in [4.69, 9.17) is 11.6 Å². The molecule has 0 saturated heterocycles. The molecule has 2 rings (SSSR count). The van der Waals surface area contributed by atoms with Gasteiger partial charge in [0.05, 0.1) is 10.7 Å². The van der Waals surface area contributed by atoms with E-state index in [0.29, 0.717) is 17.1 Å². The number of rotatable bonds is 3. The Balaban J connectivity index is 2.13. The van der Waals surface area contributed by atoms with Crippen molar-refractivity contribution in [3.8, 4) is 0 Å². The predicted molar refractivity (Wildman–Crippen MR) is 80.6 cm³/mol. The van der Waals surface area contributed by atoms with Gasteiger partial charge in [0.15, 0.2) is 0 Å². The van der Waals surface area contributed by atoms with Gasteiger partial charge < -0.3 is 5.32 Å². The number of halogens is 4. The second-order valence-electron chi connectivity index (χ2n) is 3.71. The Kier molecular flexibility index (Phi) is 4.65. The van der Waals surface area contributed by atoms with Gasteiger partial charge in [-0.05, 0) is 30.3 Å². The predicted octanol–water partition coefficient (Wildman–Crippen LogP) is 5.62. The van der Waals surface area contributed by atoms with Crippen molar-refractivity contribution in [2.45, 2.75) is 6.54 Å². The molecule has 0 bridgehead atoms. The molecule has 0 unspecified atom stereocenters. The lowest BCUT2D eigenvalue weighted by molar-refractivity contribution is 0.612. The van der Waals surface area contributed by atoms with Crippen molar-refractivity contribution in [2.75, 3.05) is 5.32 Å². The third-order valence-electron chi connectivity index (χ3n) is 2.41. The molecule has 0 fully saturated rings. The minimum atomic E-state index is -0.247. The van der Waals surface area contributed by atoms with Crippen LogP contribution in [0.3, 0.4) is 0 Å². The van der Waals surface area contributed by atoms with E-state index in [1.807, 2.05) is 18.2 Å². The summed E-state index contributed by atoms with van der Waals surface area (Å²) in [5.41, 5.74) is 1.36. The van der Waals surface area contributed by atoms with Crippen LogP contribution >= 0.6 is 43.5 Å². The average Bonchev–Trinajstić information content (AvgIpc) is 2.32. The first-order chi connectivity index (χ1) is 8.56. The zero-order chi connectivity index (χ0) is 13.1. The Morgan fingerprint density at radius 2 is 1.72 bits per heavy atom. The molecule has 1 nitrogen and oxygen atoms in total. The zero-order valence-corrected chi connectivity index (χ0v) is 13.1. The Morgan fingerprint density at radius 3 is 2.44 bits per heavy atom. The second kappa shape index (κ2) is 6.04. The third kappa shape index (κ3) is 3.46. The van der Waals surface area contributed by atoms with Gasteiger partial charge in [0.1, 0.15) is 5.82 Å². The largest absolute Gasteiger partial charge is 0.380 e. The van der Waals surface area contributed by atoms with E-state index in [-0.39, 0.29) is 5.82 Å². The quantitative estimate of drug-likeness (QED) is 0.714. The molecule has 0 heterocycles. The molecule has 5 heteroatoms. The zero-order valence-electron chi connectivity index (χ0n) is 9.18. The van der Waals surface area contributed by atoms with E-state index in [2.05, 4.69) is 37.2 Å². The number of hydrogen-bond acceptors (Lipinski definition) is 1. The topological polar surface area (TPSA) is 12.0 Å². The molecule has 0 atom stereocenters. The number of anilines is 1. The molecule has 0 spiro atoms. The minimum Gasteiger partial charge on any atom is -0.380 e. The van der Waals surface area contributed by atoms with Crippen LogP contribution in [0.25, 0.3) is 0 Å². The van der Waals surface area contributed by atoms with E-state index in [0.717, 1.165) is 14.6 Å². The van der Waals surface area contributed by atoms with Crippen LogP contribution in [0, 0.1) is 5.82 Å². The summed E-state index contributed by atoms with van der Waals surface area (Å²) in [5, 5.41) is 3.72. The minimum absolute atomic E-state index is 0.247. The van der Waals surface area contributed by atoms with Crippen LogP contribution in [0.4, 0.5) is 10.1 Å². The standard InChI is InChI=1S/C13H9Br2ClFN/c14-9-2-1-8(12(17)5-9)7-18-13-6-10(15)3-4-11(13)16/h1-6,18H,7H2. The van der Waals surface area contributed by atoms with Crippen LogP contribution in [-0.4, -0.2) is 0 Å². The number of benzene rings is 2. The monoisotopic (exact) mass is 391 g/mol. The fraction of sp³-hybridized carbons (Fsp3) is 0.0769. The summed E-state index contributed by atoms with van der Waals surface area (Å²) >= 11 is 12.6. The van der Waals surface area contributed by atoms with Crippen molar-refractivity contribution in [2.24, 2.45) is 0 Å². The van der Waals surface area contributed by atoms with Crippen LogP contribution < -0.4 is 5.32 Å². The number of nitrogens with one attached hydrogen (secondary N) is 1. The molecule has 1 N–H and O–H groups in total. The molecule has 0 radical (unpaired) electrons. The summed E-state index contributed by atoms with van der Waals surface area (Å²) in [6, 6.07) is 10.5. The summed E-state index contributed by atoms with van der Waals surface area (Å²) < 4.78 is 15.3. The van der Waals surface area contributed by atoms with E-state index in [1.165, 1.54) is 6.07 Å². The molecule has 0 aliphatic carbocycles. The highest BCUT2D eigenvalue weighted by Crippen LogP contribution is 2.26. The lowest BCUT2D eigenvalue weighted by Gasteiger charge is -2.10. The Hall–Kier alpha value is -0.580. The van der Waals surface area contributed by atoms with E-state index >= 15 is 0 Å². The highest BCUT2D eigenvalue weighted by Gasteiger charge is 2.05. The van der Waals surface area contributed by atoms with Gasteiger partial charge in [-0.15, -0.1) is 0 Å². The first-order valence-corrected chi connectivity index (χ1v) is 7.15. The first-order valence-electron chi connectivity index (χ1n) is 5.19. The van der Waals surface area contributed by atoms with Crippen LogP contribution in [0.5, 0.6) is 0 Å². The number of hydrogen-bond donors (Lipinski definition) is 1. The van der Waals surface area contributed by atoms with Crippen molar-refractivity contribution in [1.29, 1.82) is 0 Å². The average molecular weight is 393 g/mol. The maximum Gasteiger partial charge on any atom is 0.129 e. The van der Waals surface area contributed by atoms with Crippen molar-refractivity contribution in [3.63, 3.8) is 0 Å². The van der Waals surface area contributed by atoms with Gasteiger partial charge in [0.25, 0.3) is 0 Å². The van der Waals surface area contributed by atoms with Crippen LogP contribution in [0.15, 0.2) is 45.3 Å². The molecule has 2 aromatic carbocycles. The van der Waals surface area contributed by atoms with Gasteiger partial charge in [-0.2, -0.15) is 0 Å². The van der Waals surface area contributed by atoms with Gasteiger partial charge in [0.2, 0.25) is 0 Å².